The minimum atomic E-state index is -0.472. The van der Waals surface area contributed by atoms with Crippen LogP contribution in [0.25, 0.3) is 32.3 Å². The van der Waals surface area contributed by atoms with Crippen LogP contribution in [0.1, 0.15) is 11.3 Å². The van der Waals surface area contributed by atoms with Gasteiger partial charge in [-0.05, 0) is 30.6 Å². The molecule has 1 fully saturated rings. The van der Waals surface area contributed by atoms with Gasteiger partial charge in [0.25, 0.3) is 11.8 Å². The molecule has 1 aromatic carbocycles. The zero-order chi connectivity index (χ0) is 23.4. The van der Waals surface area contributed by atoms with Gasteiger partial charge in [-0.3, -0.25) is 14.9 Å². The van der Waals surface area contributed by atoms with E-state index in [4.69, 9.17) is 14.7 Å². The lowest BCUT2D eigenvalue weighted by molar-refractivity contribution is -0.122. The summed E-state index contributed by atoms with van der Waals surface area (Å²) >= 11 is 1.54. The Kier molecular flexibility index (Phi) is 4.85. The zero-order valence-corrected chi connectivity index (χ0v) is 19.5. The molecule has 10 heteroatoms. The lowest BCUT2D eigenvalue weighted by Crippen LogP contribution is -2.45. The van der Waals surface area contributed by atoms with Crippen LogP contribution in [0.3, 0.4) is 0 Å². The Labute approximate surface area is 199 Å². The normalized spacial score (nSPS) is 17.3. The van der Waals surface area contributed by atoms with Crippen LogP contribution in [-0.4, -0.2) is 72.0 Å². The Hall–Kier alpha value is -3.76. The average molecular weight is 475 g/mol. The van der Waals surface area contributed by atoms with Gasteiger partial charge in [0.15, 0.2) is 0 Å². The molecule has 3 aromatic heterocycles. The summed E-state index contributed by atoms with van der Waals surface area (Å²) in [6, 6.07) is 7.50. The SMILES string of the molecule is COc1cccc2nc(N3CCN(C)CC3)nc(C3=C(c4c[nH]c5sccc45)C(=O)NC3=O)c12. The summed E-state index contributed by atoms with van der Waals surface area (Å²) in [5.74, 6) is 0.179. The number of imide groups is 1. The van der Waals surface area contributed by atoms with Crippen LogP contribution in [0, 0.1) is 0 Å². The van der Waals surface area contributed by atoms with E-state index in [1.165, 1.54) is 0 Å². The highest BCUT2D eigenvalue weighted by Crippen LogP contribution is 2.40. The quantitative estimate of drug-likeness (QED) is 0.438. The number of rotatable bonds is 4. The van der Waals surface area contributed by atoms with E-state index in [9.17, 15) is 9.59 Å². The number of benzene rings is 1. The van der Waals surface area contributed by atoms with Gasteiger partial charge in [-0.25, -0.2) is 9.97 Å². The van der Waals surface area contributed by atoms with Crippen LogP contribution in [-0.2, 0) is 9.59 Å². The molecule has 2 aliphatic rings. The van der Waals surface area contributed by atoms with E-state index in [0.29, 0.717) is 39.4 Å². The first kappa shape index (κ1) is 20.8. The fourth-order valence-corrected chi connectivity index (χ4v) is 5.40. The number of hydrogen-bond donors (Lipinski definition) is 2. The number of fused-ring (bicyclic) bond motifs is 2. The number of piperazine rings is 1. The van der Waals surface area contributed by atoms with Crippen molar-refractivity contribution in [2.24, 2.45) is 0 Å². The molecule has 4 aromatic rings. The van der Waals surface area contributed by atoms with E-state index in [0.717, 1.165) is 36.4 Å². The van der Waals surface area contributed by atoms with E-state index in [1.54, 1.807) is 24.6 Å². The number of aromatic nitrogens is 3. The van der Waals surface area contributed by atoms with Gasteiger partial charge in [0, 0.05) is 43.3 Å². The number of nitrogens with one attached hydrogen (secondary N) is 2. The second-order valence-electron chi connectivity index (χ2n) is 8.42. The maximum atomic E-state index is 13.2. The van der Waals surface area contributed by atoms with Crippen molar-refractivity contribution >= 4 is 61.4 Å². The molecule has 0 bridgehead atoms. The number of nitrogens with zero attached hydrogens (tertiary/aromatic N) is 4. The van der Waals surface area contributed by atoms with Crippen molar-refractivity contribution in [1.82, 2.24) is 25.2 Å². The summed E-state index contributed by atoms with van der Waals surface area (Å²) < 4.78 is 5.63. The third-order valence-corrected chi connectivity index (χ3v) is 7.27. The van der Waals surface area contributed by atoms with Crippen molar-refractivity contribution in [3.05, 3.63) is 47.1 Å². The van der Waals surface area contributed by atoms with E-state index >= 15 is 0 Å². The molecule has 172 valence electrons. The third kappa shape index (κ3) is 3.17. The molecule has 2 amide bonds. The van der Waals surface area contributed by atoms with Crippen molar-refractivity contribution in [2.75, 3.05) is 45.2 Å². The van der Waals surface area contributed by atoms with Crippen LogP contribution in [0.15, 0.2) is 35.8 Å². The summed E-state index contributed by atoms with van der Waals surface area (Å²) in [7, 11) is 3.66. The summed E-state index contributed by atoms with van der Waals surface area (Å²) in [6.45, 7) is 3.33. The molecule has 5 heterocycles. The first-order valence-electron chi connectivity index (χ1n) is 11.0. The molecule has 6 rings (SSSR count). The molecule has 9 nitrogen and oxygen atoms in total. The highest BCUT2D eigenvalue weighted by molar-refractivity contribution is 7.16. The van der Waals surface area contributed by atoms with Gasteiger partial charge in [-0.2, -0.15) is 0 Å². The molecule has 34 heavy (non-hydrogen) atoms. The molecule has 2 aliphatic heterocycles. The van der Waals surface area contributed by atoms with Crippen LogP contribution in [0.2, 0.25) is 0 Å². The predicted octanol–water partition coefficient (Wildman–Crippen LogP) is 2.50. The largest absolute Gasteiger partial charge is 0.496 e. The van der Waals surface area contributed by atoms with Crippen LogP contribution in [0.5, 0.6) is 5.75 Å². The van der Waals surface area contributed by atoms with Crippen molar-refractivity contribution in [3.8, 4) is 5.75 Å². The number of anilines is 1. The van der Waals surface area contributed by atoms with Gasteiger partial charge < -0.3 is 19.5 Å². The molecule has 0 saturated carbocycles. The van der Waals surface area contributed by atoms with Gasteiger partial charge in [0.05, 0.1) is 34.9 Å². The average Bonchev–Trinajstić information content (AvgIpc) is 3.53. The molecule has 2 N–H and O–H groups in total. The monoisotopic (exact) mass is 474 g/mol. The van der Waals surface area contributed by atoms with Crippen molar-refractivity contribution in [1.29, 1.82) is 0 Å². The number of likely N-dealkylation sites (N-methyl/N-ethyl adjacent to an activating group) is 1. The van der Waals surface area contributed by atoms with E-state index in [-0.39, 0.29) is 5.57 Å². The Bertz CT molecular complexity index is 1500. The molecule has 0 spiro atoms. The first-order valence-corrected chi connectivity index (χ1v) is 11.9. The molecule has 0 radical (unpaired) electrons. The van der Waals surface area contributed by atoms with E-state index in [2.05, 4.69) is 27.1 Å². The molecular weight excluding hydrogens is 452 g/mol. The number of thiophene rings is 1. The second kappa shape index (κ2) is 7.93. The first-order chi connectivity index (χ1) is 16.5. The van der Waals surface area contributed by atoms with E-state index in [1.807, 2.05) is 29.6 Å². The maximum Gasteiger partial charge on any atom is 0.261 e. The Morgan fingerprint density at radius 2 is 1.82 bits per heavy atom. The van der Waals surface area contributed by atoms with Gasteiger partial charge in [-0.1, -0.05) is 6.07 Å². The third-order valence-electron chi connectivity index (χ3n) is 6.42. The Morgan fingerprint density at radius 1 is 1.03 bits per heavy atom. The number of carbonyl (C=O) groups excluding carboxylic acids is 2. The molecular formula is C24H22N6O3S. The fraction of sp³-hybridized carbons (Fsp3) is 0.250. The van der Waals surface area contributed by atoms with Crippen molar-refractivity contribution < 1.29 is 14.3 Å². The van der Waals surface area contributed by atoms with Crippen molar-refractivity contribution in [3.63, 3.8) is 0 Å². The predicted molar refractivity (Wildman–Crippen MR) is 132 cm³/mol. The topological polar surface area (TPSA) is 103 Å². The second-order valence-corrected chi connectivity index (χ2v) is 9.33. The smallest absolute Gasteiger partial charge is 0.261 e. The lowest BCUT2D eigenvalue weighted by Gasteiger charge is -2.32. The minimum absolute atomic E-state index is 0.240. The number of amides is 2. The van der Waals surface area contributed by atoms with Gasteiger partial charge in [-0.15, -0.1) is 11.3 Å². The van der Waals surface area contributed by atoms with Crippen molar-refractivity contribution in [2.45, 2.75) is 0 Å². The van der Waals surface area contributed by atoms with E-state index < -0.39 is 11.8 Å². The summed E-state index contributed by atoms with van der Waals surface area (Å²) in [5.41, 5.74) is 2.29. The zero-order valence-electron chi connectivity index (χ0n) is 18.7. The number of hydrogen-bond acceptors (Lipinski definition) is 8. The van der Waals surface area contributed by atoms with Gasteiger partial charge in [0.2, 0.25) is 5.95 Å². The molecule has 0 unspecified atom stereocenters. The molecule has 0 aliphatic carbocycles. The van der Waals surface area contributed by atoms with Crippen LogP contribution in [0.4, 0.5) is 5.95 Å². The summed E-state index contributed by atoms with van der Waals surface area (Å²) in [4.78, 5) is 44.5. The minimum Gasteiger partial charge on any atom is -0.496 e. The highest BCUT2D eigenvalue weighted by Gasteiger charge is 2.36. The summed E-state index contributed by atoms with van der Waals surface area (Å²) in [5, 5.41) is 5.94. The Morgan fingerprint density at radius 3 is 2.62 bits per heavy atom. The van der Waals surface area contributed by atoms with Crippen LogP contribution < -0.4 is 15.0 Å². The lowest BCUT2D eigenvalue weighted by atomic mass is 9.97. The number of methoxy groups -OCH3 is 1. The maximum absolute atomic E-state index is 13.2. The van der Waals surface area contributed by atoms with Gasteiger partial charge >= 0.3 is 0 Å². The summed E-state index contributed by atoms with van der Waals surface area (Å²) in [6.07, 6.45) is 1.77. The Balaban J connectivity index is 1.64. The van der Waals surface area contributed by atoms with Gasteiger partial charge in [0.1, 0.15) is 10.6 Å². The number of H-pyrrole nitrogens is 1. The number of ether oxygens (including phenoxy) is 1. The standard InChI is InChI=1S/C24H22N6O3S/c1-29-7-9-30(10-8-29)24-26-15-4-3-5-16(33-2)18(15)20(27-24)19-17(21(31)28-22(19)32)14-12-25-23-13(14)6-11-34-23/h3-6,11-12,25H,7-10H2,1-2H3,(H,28,31,32). The molecule has 1 saturated heterocycles. The highest BCUT2D eigenvalue weighted by atomic mass is 32.1. The number of aromatic amines is 1. The van der Waals surface area contributed by atoms with Crippen LogP contribution >= 0.6 is 11.3 Å². The molecule has 0 atom stereocenters. The number of carbonyl (C=O) groups is 2. The fourth-order valence-electron chi connectivity index (χ4n) is 4.63.